The first-order valence-corrected chi connectivity index (χ1v) is 5.70. The molecule has 1 aromatic carbocycles. The fraction of sp³-hybridized carbons (Fsp3) is 0. The number of rotatable bonds is 2. The summed E-state index contributed by atoms with van der Waals surface area (Å²) in [6.07, 6.45) is 5.09. The Bertz CT molecular complexity index is 771. The molecular weight excluding hydrogens is 238 g/mol. The second kappa shape index (κ2) is 4.70. The van der Waals surface area contributed by atoms with E-state index >= 15 is 0 Å². The molecule has 0 unspecified atom stereocenters. The Morgan fingerprint density at radius 3 is 2.95 bits per heavy atom. The monoisotopic (exact) mass is 247 g/mol. The van der Waals surface area contributed by atoms with E-state index in [0.717, 1.165) is 16.5 Å². The summed E-state index contributed by atoms with van der Waals surface area (Å²) in [5, 5.41) is 14.0. The molecule has 2 aromatic heterocycles. The van der Waals surface area contributed by atoms with Gasteiger partial charge in [-0.1, -0.05) is 12.1 Å². The highest BCUT2D eigenvalue weighted by molar-refractivity contribution is 5.94. The summed E-state index contributed by atoms with van der Waals surface area (Å²) in [5.41, 5.74) is 1.22. The largest absolute Gasteiger partial charge is 0.324 e. The van der Waals surface area contributed by atoms with Crippen molar-refractivity contribution in [2.24, 2.45) is 0 Å². The van der Waals surface area contributed by atoms with Crippen LogP contribution in [0.4, 0.5) is 11.6 Å². The number of fused-ring (bicyclic) bond motifs is 1. The smallest absolute Gasteiger partial charge is 0.228 e. The molecule has 2 heterocycles. The van der Waals surface area contributed by atoms with Gasteiger partial charge in [0.15, 0.2) is 0 Å². The van der Waals surface area contributed by atoms with Gasteiger partial charge in [-0.2, -0.15) is 5.26 Å². The van der Waals surface area contributed by atoms with Crippen LogP contribution in [0.15, 0.2) is 48.9 Å². The molecule has 5 nitrogen and oxygen atoms in total. The van der Waals surface area contributed by atoms with Crippen LogP contribution in [0, 0.1) is 11.3 Å². The summed E-state index contributed by atoms with van der Waals surface area (Å²) in [7, 11) is 0. The molecule has 3 aromatic rings. The molecule has 5 heteroatoms. The molecule has 0 radical (unpaired) electrons. The number of hydrogen-bond donors (Lipinski definition) is 1. The number of hydrogen-bond acceptors (Lipinski definition) is 5. The van der Waals surface area contributed by atoms with Gasteiger partial charge in [0, 0.05) is 35.1 Å². The van der Waals surface area contributed by atoms with Gasteiger partial charge in [0.05, 0.1) is 0 Å². The summed E-state index contributed by atoms with van der Waals surface area (Å²) in [5.74, 6) is 0.406. The zero-order chi connectivity index (χ0) is 13.1. The van der Waals surface area contributed by atoms with E-state index in [0.29, 0.717) is 11.6 Å². The Kier molecular flexibility index (Phi) is 2.75. The number of benzene rings is 1. The molecular formula is C14H9N5. The normalized spacial score (nSPS) is 10.1. The number of pyridine rings is 1. The number of anilines is 2. The van der Waals surface area contributed by atoms with Crippen LogP contribution < -0.4 is 5.32 Å². The predicted molar refractivity (Wildman–Crippen MR) is 71.8 cm³/mol. The Labute approximate surface area is 109 Å². The highest BCUT2D eigenvalue weighted by Crippen LogP contribution is 2.24. The number of aromatic nitrogens is 3. The van der Waals surface area contributed by atoms with Crippen molar-refractivity contribution < 1.29 is 0 Å². The van der Waals surface area contributed by atoms with Crippen molar-refractivity contribution in [3.63, 3.8) is 0 Å². The SMILES string of the molecule is N#Cc1ccnc(Nc2cccc3cnccc23)n1. The van der Waals surface area contributed by atoms with Crippen LogP contribution in [0.1, 0.15) is 5.69 Å². The highest BCUT2D eigenvalue weighted by Gasteiger charge is 2.03. The van der Waals surface area contributed by atoms with E-state index in [1.807, 2.05) is 30.3 Å². The molecule has 0 saturated carbocycles. The third-order valence-electron chi connectivity index (χ3n) is 2.70. The Morgan fingerprint density at radius 2 is 2.05 bits per heavy atom. The summed E-state index contributed by atoms with van der Waals surface area (Å²) >= 11 is 0. The van der Waals surface area contributed by atoms with Crippen molar-refractivity contribution in [1.82, 2.24) is 15.0 Å². The molecule has 0 fully saturated rings. The number of nitriles is 1. The van der Waals surface area contributed by atoms with Crippen molar-refractivity contribution >= 4 is 22.4 Å². The minimum absolute atomic E-state index is 0.333. The predicted octanol–water partition coefficient (Wildman–Crippen LogP) is 2.64. The topological polar surface area (TPSA) is 74.5 Å². The lowest BCUT2D eigenvalue weighted by molar-refractivity contribution is 1.14. The fourth-order valence-corrected chi connectivity index (χ4v) is 1.83. The van der Waals surface area contributed by atoms with Crippen molar-refractivity contribution in [3.8, 4) is 6.07 Å². The Hall–Kier alpha value is -3.00. The molecule has 1 N–H and O–H groups in total. The fourth-order valence-electron chi connectivity index (χ4n) is 1.83. The van der Waals surface area contributed by atoms with Crippen LogP contribution >= 0.6 is 0 Å². The summed E-state index contributed by atoms with van der Waals surface area (Å²) in [6, 6.07) is 11.3. The van der Waals surface area contributed by atoms with Gasteiger partial charge >= 0.3 is 0 Å². The molecule has 0 spiro atoms. The van der Waals surface area contributed by atoms with Crippen molar-refractivity contribution in [2.75, 3.05) is 5.32 Å². The first-order chi connectivity index (χ1) is 9.36. The van der Waals surface area contributed by atoms with Crippen LogP contribution in [0.2, 0.25) is 0 Å². The lowest BCUT2D eigenvalue weighted by atomic mass is 10.1. The highest BCUT2D eigenvalue weighted by atomic mass is 15.1. The minimum Gasteiger partial charge on any atom is -0.324 e. The second-order valence-corrected chi connectivity index (χ2v) is 3.90. The molecule has 0 amide bonds. The molecule has 0 aliphatic heterocycles. The van der Waals surface area contributed by atoms with Gasteiger partial charge in [-0.3, -0.25) is 4.98 Å². The van der Waals surface area contributed by atoms with Gasteiger partial charge in [-0.15, -0.1) is 0 Å². The number of nitrogens with zero attached hydrogens (tertiary/aromatic N) is 4. The van der Waals surface area contributed by atoms with Crippen molar-refractivity contribution in [1.29, 1.82) is 5.26 Å². The molecule has 0 aliphatic rings. The Morgan fingerprint density at radius 1 is 1.11 bits per heavy atom. The maximum absolute atomic E-state index is 8.82. The lowest BCUT2D eigenvalue weighted by Gasteiger charge is -2.07. The lowest BCUT2D eigenvalue weighted by Crippen LogP contribution is -1.98. The Balaban J connectivity index is 2.04. The molecule has 0 aliphatic carbocycles. The van der Waals surface area contributed by atoms with E-state index in [-0.39, 0.29) is 0 Å². The molecule has 90 valence electrons. The first-order valence-electron chi connectivity index (χ1n) is 5.70. The average molecular weight is 247 g/mol. The van der Waals surface area contributed by atoms with E-state index in [9.17, 15) is 0 Å². The van der Waals surface area contributed by atoms with Gasteiger partial charge in [0.1, 0.15) is 11.8 Å². The quantitative estimate of drug-likeness (QED) is 0.753. The summed E-state index contributed by atoms with van der Waals surface area (Å²) in [4.78, 5) is 12.3. The third kappa shape index (κ3) is 2.19. The van der Waals surface area contributed by atoms with Crippen LogP contribution in [0.5, 0.6) is 0 Å². The van der Waals surface area contributed by atoms with E-state index in [4.69, 9.17) is 5.26 Å². The van der Waals surface area contributed by atoms with Crippen molar-refractivity contribution in [3.05, 3.63) is 54.6 Å². The second-order valence-electron chi connectivity index (χ2n) is 3.90. The molecule has 3 rings (SSSR count). The van der Waals surface area contributed by atoms with E-state index in [1.165, 1.54) is 0 Å². The van der Waals surface area contributed by atoms with Crippen LogP contribution in [-0.4, -0.2) is 15.0 Å². The van der Waals surface area contributed by atoms with E-state index < -0.39 is 0 Å². The van der Waals surface area contributed by atoms with Gasteiger partial charge in [0.2, 0.25) is 5.95 Å². The maximum atomic E-state index is 8.82. The minimum atomic E-state index is 0.333. The van der Waals surface area contributed by atoms with Gasteiger partial charge in [0.25, 0.3) is 0 Å². The zero-order valence-electron chi connectivity index (χ0n) is 9.91. The molecule has 0 atom stereocenters. The van der Waals surface area contributed by atoms with Crippen molar-refractivity contribution in [2.45, 2.75) is 0 Å². The summed E-state index contributed by atoms with van der Waals surface area (Å²) in [6.45, 7) is 0. The standard InChI is InChI=1S/C14H9N5/c15-8-11-4-7-17-14(18-11)19-13-3-1-2-10-9-16-6-5-12(10)13/h1-7,9H,(H,17,18,19). The third-order valence-corrected chi connectivity index (χ3v) is 2.70. The maximum Gasteiger partial charge on any atom is 0.228 e. The van der Waals surface area contributed by atoms with Gasteiger partial charge < -0.3 is 5.32 Å². The average Bonchev–Trinajstić information content (AvgIpc) is 2.48. The first kappa shape index (κ1) is 11.1. The van der Waals surface area contributed by atoms with E-state index in [2.05, 4.69) is 20.3 Å². The molecule has 0 bridgehead atoms. The van der Waals surface area contributed by atoms with Gasteiger partial charge in [-0.05, 0) is 18.2 Å². The summed E-state index contributed by atoms with van der Waals surface area (Å²) < 4.78 is 0. The van der Waals surface area contributed by atoms with E-state index in [1.54, 1.807) is 24.7 Å². The number of nitrogens with one attached hydrogen (secondary N) is 1. The van der Waals surface area contributed by atoms with Crippen LogP contribution in [-0.2, 0) is 0 Å². The van der Waals surface area contributed by atoms with Crippen LogP contribution in [0.25, 0.3) is 10.8 Å². The van der Waals surface area contributed by atoms with Crippen LogP contribution in [0.3, 0.4) is 0 Å². The van der Waals surface area contributed by atoms with Gasteiger partial charge in [-0.25, -0.2) is 9.97 Å². The molecule has 19 heavy (non-hydrogen) atoms. The zero-order valence-corrected chi connectivity index (χ0v) is 9.91. The molecule has 0 saturated heterocycles.